The lowest BCUT2D eigenvalue weighted by atomic mass is 10.0. The molecule has 0 aromatic heterocycles. The highest BCUT2D eigenvalue weighted by Crippen LogP contribution is 2.25. The average Bonchev–Trinajstić information content (AvgIpc) is 2.59. The Balaban J connectivity index is 2.11. The molecule has 0 saturated heterocycles. The van der Waals surface area contributed by atoms with Gasteiger partial charge in [-0.1, -0.05) is 25.3 Å². The summed E-state index contributed by atoms with van der Waals surface area (Å²) in [4.78, 5) is 2.39. The van der Waals surface area contributed by atoms with Gasteiger partial charge in [-0.25, -0.2) is 0 Å². The molecule has 0 radical (unpaired) electrons. The Bertz CT molecular complexity index is 412. The van der Waals surface area contributed by atoms with Crippen LogP contribution in [-0.4, -0.2) is 31.1 Å². The molecule has 2 atom stereocenters. The quantitative estimate of drug-likeness (QED) is 0.827. The fourth-order valence-electron chi connectivity index (χ4n) is 3.12. The van der Waals surface area contributed by atoms with Crippen LogP contribution < -0.4 is 5.32 Å². The zero-order chi connectivity index (χ0) is 13.8. The minimum Gasteiger partial charge on any atom is -0.381 e. The smallest absolute Gasteiger partial charge is 0.0416 e. The molecule has 106 valence electrons. The maximum absolute atomic E-state index is 3.78. The first-order chi connectivity index (χ1) is 9.08. The van der Waals surface area contributed by atoms with Gasteiger partial charge in [-0.05, 0) is 64.0 Å². The maximum Gasteiger partial charge on any atom is 0.0416 e. The number of rotatable bonds is 3. The first kappa shape index (κ1) is 14.4. The van der Waals surface area contributed by atoms with Crippen molar-refractivity contribution in [3.05, 3.63) is 29.3 Å². The van der Waals surface area contributed by atoms with Gasteiger partial charge in [0.15, 0.2) is 0 Å². The van der Waals surface area contributed by atoms with E-state index in [1.165, 1.54) is 48.9 Å². The number of nitrogens with one attached hydrogen (secondary N) is 1. The van der Waals surface area contributed by atoms with E-state index in [0.29, 0.717) is 12.1 Å². The summed E-state index contributed by atoms with van der Waals surface area (Å²) in [7, 11) is 4.43. The third-order valence-electron chi connectivity index (χ3n) is 4.50. The van der Waals surface area contributed by atoms with Crippen molar-refractivity contribution in [3.8, 4) is 0 Å². The van der Waals surface area contributed by atoms with Gasteiger partial charge in [0.2, 0.25) is 0 Å². The average molecular weight is 260 g/mol. The highest BCUT2D eigenvalue weighted by atomic mass is 15.1. The SMILES string of the molecule is Cc1ccc(NC2CCCCCC2N(C)C)cc1C. The highest BCUT2D eigenvalue weighted by molar-refractivity contribution is 5.49. The molecule has 1 aromatic rings. The third-order valence-corrected chi connectivity index (χ3v) is 4.50. The van der Waals surface area contributed by atoms with Crippen molar-refractivity contribution in [3.63, 3.8) is 0 Å². The summed E-state index contributed by atoms with van der Waals surface area (Å²) in [6, 6.07) is 7.97. The fourth-order valence-corrected chi connectivity index (χ4v) is 3.12. The molecule has 2 heteroatoms. The molecular formula is C17H28N2. The number of nitrogens with zero attached hydrogens (tertiary/aromatic N) is 1. The zero-order valence-corrected chi connectivity index (χ0v) is 12.9. The number of aryl methyl sites for hydroxylation is 2. The van der Waals surface area contributed by atoms with E-state index < -0.39 is 0 Å². The second-order valence-corrected chi connectivity index (χ2v) is 6.22. The van der Waals surface area contributed by atoms with Gasteiger partial charge in [0, 0.05) is 17.8 Å². The summed E-state index contributed by atoms with van der Waals surface area (Å²) >= 11 is 0. The van der Waals surface area contributed by atoms with E-state index in [1.807, 2.05) is 0 Å². The van der Waals surface area contributed by atoms with E-state index in [4.69, 9.17) is 0 Å². The zero-order valence-electron chi connectivity index (χ0n) is 12.9. The van der Waals surface area contributed by atoms with Crippen molar-refractivity contribution in [1.29, 1.82) is 0 Å². The van der Waals surface area contributed by atoms with Gasteiger partial charge in [0.25, 0.3) is 0 Å². The van der Waals surface area contributed by atoms with Crippen molar-refractivity contribution in [1.82, 2.24) is 4.90 Å². The summed E-state index contributed by atoms with van der Waals surface area (Å²) < 4.78 is 0. The molecule has 0 spiro atoms. The van der Waals surface area contributed by atoms with E-state index in [2.05, 4.69) is 56.4 Å². The number of likely N-dealkylation sites (N-methyl/N-ethyl adjacent to an activating group) is 1. The Morgan fingerprint density at radius 2 is 1.74 bits per heavy atom. The first-order valence-electron chi connectivity index (χ1n) is 7.58. The third kappa shape index (κ3) is 3.73. The standard InChI is InChI=1S/C17H28N2/c1-13-10-11-15(12-14(13)2)18-16-8-6-5-7-9-17(16)19(3)4/h10-12,16-18H,5-9H2,1-4H3. The normalized spacial score (nSPS) is 24.3. The molecule has 1 aliphatic rings. The predicted octanol–water partition coefficient (Wildman–Crippen LogP) is 3.98. The second kappa shape index (κ2) is 6.42. The van der Waals surface area contributed by atoms with Gasteiger partial charge in [0.1, 0.15) is 0 Å². The Hall–Kier alpha value is -1.02. The molecule has 0 amide bonds. The highest BCUT2D eigenvalue weighted by Gasteiger charge is 2.25. The minimum atomic E-state index is 0.583. The van der Waals surface area contributed by atoms with E-state index in [-0.39, 0.29) is 0 Å². The van der Waals surface area contributed by atoms with Crippen LogP contribution in [0.25, 0.3) is 0 Å². The molecule has 1 saturated carbocycles. The molecule has 1 aromatic carbocycles. The van der Waals surface area contributed by atoms with Crippen molar-refractivity contribution in [2.75, 3.05) is 19.4 Å². The predicted molar refractivity (Wildman–Crippen MR) is 83.9 cm³/mol. The van der Waals surface area contributed by atoms with E-state index in [0.717, 1.165) is 0 Å². The van der Waals surface area contributed by atoms with Crippen LogP contribution in [0.15, 0.2) is 18.2 Å². The van der Waals surface area contributed by atoms with E-state index >= 15 is 0 Å². The largest absolute Gasteiger partial charge is 0.381 e. The molecule has 1 fully saturated rings. The van der Waals surface area contributed by atoms with Crippen molar-refractivity contribution in [2.45, 2.75) is 58.0 Å². The van der Waals surface area contributed by atoms with Crippen LogP contribution in [0.2, 0.25) is 0 Å². The van der Waals surface area contributed by atoms with E-state index in [1.54, 1.807) is 0 Å². The van der Waals surface area contributed by atoms with Gasteiger partial charge >= 0.3 is 0 Å². The molecule has 19 heavy (non-hydrogen) atoms. The topological polar surface area (TPSA) is 15.3 Å². The Kier molecular flexibility index (Phi) is 4.87. The number of hydrogen-bond donors (Lipinski definition) is 1. The summed E-state index contributed by atoms with van der Waals surface area (Å²) in [6.45, 7) is 4.37. The van der Waals surface area contributed by atoms with Gasteiger partial charge in [-0.15, -0.1) is 0 Å². The molecule has 2 nitrogen and oxygen atoms in total. The Morgan fingerprint density at radius 1 is 1.00 bits per heavy atom. The summed E-state index contributed by atoms with van der Waals surface area (Å²) in [5.41, 5.74) is 4.03. The molecule has 0 bridgehead atoms. The molecule has 1 N–H and O–H groups in total. The van der Waals surface area contributed by atoms with Crippen LogP contribution in [0.5, 0.6) is 0 Å². The van der Waals surface area contributed by atoms with Gasteiger partial charge in [0.05, 0.1) is 0 Å². The molecule has 2 rings (SSSR count). The van der Waals surface area contributed by atoms with Crippen LogP contribution in [0.4, 0.5) is 5.69 Å². The molecular weight excluding hydrogens is 232 g/mol. The van der Waals surface area contributed by atoms with Crippen LogP contribution in [0.1, 0.15) is 43.2 Å². The molecule has 0 heterocycles. The molecule has 1 aliphatic carbocycles. The second-order valence-electron chi connectivity index (χ2n) is 6.22. The van der Waals surface area contributed by atoms with E-state index in [9.17, 15) is 0 Å². The summed E-state index contributed by atoms with van der Waals surface area (Å²) in [5, 5.41) is 3.78. The summed E-state index contributed by atoms with van der Waals surface area (Å²) in [6.07, 6.45) is 6.71. The van der Waals surface area contributed by atoms with Crippen molar-refractivity contribution >= 4 is 5.69 Å². The minimum absolute atomic E-state index is 0.583. The lowest BCUT2D eigenvalue weighted by Gasteiger charge is -2.32. The van der Waals surface area contributed by atoms with Crippen LogP contribution in [0, 0.1) is 13.8 Å². The van der Waals surface area contributed by atoms with Crippen molar-refractivity contribution < 1.29 is 0 Å². The summed E-state index contributed by atoms with van der Waals surface area (Å²) in [5.74, 6) is 0. The maximum atomic E-state index is 3.78. The first-order valence-corrected chi connectivity index (χ1v) is 7.58. The molecule has 2 unspecified atom stereocenters. The van der Waals surface area contributed by atoms with Gasteiger partial charge in [-0.3, -0.25) is 0 Å². The van der Waals surface area contributed by atoms with Gasteiger partial charge < -0.3 is 10.2 Å². The number of anilines is 1. The number of hydrogen-bond acceptors (Lipinski definition) is 2. The van der Waals surface area contributed by atoms with Gasteiger partial charge in [-0.2, -0.15) is 0 Å². The van der Waals surface area contributed by atoms with Crippen molar-refractivity contribution in [2.24, 2.45) is 0 Å². The number of benzene rings is 1. The Morgan fingerprint density at radius 3 is 2.42 bits per heavy atom. The lowest BCUT2D eigenvalue weighted by Crippen LogP contribution is -2.42. The van der Waals surface area contributed by atoms with Crippen LogP contribution in [0.3, 0.4) is 0 Å². The van der Waals surface area contributed by atoms with Crippen LogP contribution >= 0.6 is 0 Å². The molecule has 0 aliphatic heterocycles. The lowest BCUT2D eigenvalue weighted by molar-refractivity contribution is 0.251. The van der Waals surface area contributed by atoms with Crippen LogP contribution in [-0.2, 0) is 0 Å². The Labute approximate surface area is 118 Å². The fraction of sp³-hybridized carbons (Fsp3) is 0.647. The monoisotopic (exact) mass is 260 g/mol.